The fourth-order valence-corrected chi connectivity index (χ4v) is 2.05. The van der Waals surface area contributed by atoms with Gasteiger partial charge in [0.2, 0.25) is 0 Å². The van der Waals surface area contributed by atoms with Crippen molar-refractivity contribution in [3.05, 3.63) is 59.4 Å². The van der Waals surface area contributed by atoms with E-state index in [1.54, 1.807) is 58.0 Å². The van der Waals surface area contributed by atoms with E-state index >= 15 is 0 Å². The number of halogens is 1. The van der Waals surface area contributed by atoms with Crippen LogP contribution in [-0.2, 0) is 4.74 Å². The molecule has 0 aliphatic rings. The van der Waals surface area contributed by atoms with Crippen molar-refractivity contribution in [2.24, 2.45) is 0 Å². The number of nitrogens with one attached hydrogen (secondary N) is 2. The summed E-state index contributed by atoms with van der Waals surface area (Å²) in [6.45, 7) is 7.10. The van der Waals surface area contributed by atoms with Gasteiger partial charge >= 0.3 is 6.09 Å². The van der Waals surface area contributed by atoms with Gasteiger partial charge in [0.1, 0.15) is 11.4 Å². The molecule has 0 aliphatic carbocycles. The third-order valence-electron chi connectivity index (χ3n) is 3.24. The van der Waals surface area contributed by atoms with Gasteiger partial charge in [-0.2, -0.15) is 0 Å². The van der Waals surface area contributed by atoms with E-state index in [1.165, 1.54) is 12.1 Å². The van der Waals surface area contributed by atoms with Crippen LogP contribution in [0.15, 0.2) is 42.5 Å². The van der Waals surface area contributed by atoms with Gasteiger partial charge in [-0.05, 0) is 69.7 Å². The van der Waals surface area contributed by atoms with Crippen LogP contribution in [0, 0.1) is 12.7 Å². The number of rotatable bonds is 3. The molecule has 2 aromatic carbocycles. The van der Waals surface area contributed by atoms with Gasteiger partial charge in [-0.25, -0.2) is 9.18 Å². The zero-order chi connectivity index (χ0) is 18.6. The summed E-state index contributed by atoms with van der Waals surface area (Å²) in [5.74, 6) is -0.782. The van der Waals surface area contributed by atoms with E-state index < -0.39 is 17.5 Å². The molecular weight excluding hydrogens is 323 g/mol. The molecule has 25 heavy (non-hydrogen) atoms. The molecule has 0 atom stereocenters. The summed E-state index contributed by atoms with van der Waals surface area (Å²) in [7, 11) is 0. The highest BCUT2D eigenvalue weighted by Gasteiger charge is 2.16. The predicted octanol–water partition coefficient (Wildman–Crippen LogP) is 4.73. The molecule has 0 fully saturated rings. The average molecular weight is 344 g/mol. The summed E-state index contributed by atoms with van der Waals surface area (Å²) in [6, 6.07) is 10.5. The molecule has 132 valence electrons. The van der Waals surface area contributed by atoms with Crippen molar-refractivity contribution in [1.82, 2.24) is 0 Å². The molecule has 0 aromatic heterocycles. The lowest BCUT2D eigenvalue weighted by Crippen LogP contribution is -2.27. The largest absolute Gasteiger partial charge is 0.444 e. The first-order valence-electron chi connectivity index (χ1n) is 7.81. The molecule has 0 bridgehead atoms. The first-order chi connectivity index (χ1) is 11.6. The number of carbonyl (C=O) groups is 2. The Labute approximate surface area is 146 Å². The van der Waals surface area contributed by atoms with Crippen molar-refractivity contribution in [3.8, 4) is 0 Å². The normalized spacial score (nSPS) is 10.9. The van der Waals surface area contributed by atoms with Crippen molar-refractivity contribution in [2.45, 2.75) is 33.3 Å². The Morgan fingerprint density at radius 2 is 1.64 bits per heavy atom. The summed E-state index contributed by atoms with van der Waals surface area (Å²) in [4.78, 5) is 24.0. The van der Waals surface area contributed by atoms with Gasteiger partial charge in [0.05, 0.1) is 0 Å². The van der Waals surface area contributed by atoms with Gasteiger partial charge in [-0.1, -0.05) is 6.07 Å². The second-order valence-corrected chi connectivity index (χ2v) is 6.62. The Kier molecular flexibility index (Phi) is 5.41. The molecule has 0 unspecified atom stereocenters. The summed E-state index contributed by atoms with van der Waals surface area (Å²) in [6.07, 6.45) is -0.569. The van der Waals surface area contributed by atoms with E-state index in [4.69, 9.17) is 4.74 Å². The van der Waals surface area contributed by atoms with E-state index in [0.717, 1.165) is 5.56 Å². The van der Waals surface area contributed by atoms with Crippen molar-refractivity contribution >= 4 is 23.4 Å². The highest BCUT2D eigenvalue weighted by molar-refractivity contribution is 6.05. The van der Waals surface area contributed by atoms with Crippen LogP contribution >= 0.6 is 0 Å². The van der Waals surface area contributed by atoms with Crippen molar-refractivity contribution in [3.63, 3.8) is 0 Å². The third-order valence-corrected chi connectivity index (χ3v) is 3.24. The maximum atomic E-state index is 13.3. The summed E-state index contributed by atoms with van der Waals surface area (Å²) < 4.78 is 18.4. The first-order valence-corrected chi connectivity index (χ1v) is 7.81. The highest BCUT2D eigenvalue weighted by atomic mass is 19.1. The molecule has 0 saturated carbocycles. The lowest BCUT2D eigenvalue weighted by Gasteiger charge is -2.19. The average Bonchev–Trinajstić information content (AvgIpc) is 2.49. The minimum atomic E-state index is -0.591. The number of hydrogen-bond donors (Lipinski definition) is 2. The number of hydrogen-bond acceptors (Lipinski definition) is 3. The molecule has 2 aromatic rings. The maximum Gasteiger partial charge on any atom is 0.412 e. The van der Waals surface area contributed by atoms with Crippen LogP contribution in [-0.4, -0.2) is 17.6 Å². The van der Waals surface area contributed by atoms with E-state index in [2.05, 4.69) is 10.6 Å². The lowest BCUT2D eigenvalue weighted by atomic mass is 10.1. The van der Waals surface area contributed by atoms with Gasteiger partial charge in [0.25, 0.3) is 5.91 Å². The Hall–Kier alpha value is -2.89. The van der Waals surface area contributed by atoms with E-state index in [0.29, 0.717) is 16.9 Å². The van der Waals surface area contributed by atoms with Gasteiger partial charge in [0.15, 0.2) is 0 Å². The molecule has 0 aliphatic heterocycles. The highest BCUT2D eigenvalue weighted by Crippen LogP contribution is 2.18. The molecule has 2 rings (SSSR count). The van der Waals surface area contributed by atoms with Crippen LogP contribution in [0.2, 0.25) is 0 Å². The SMILES string of the molecule is Cc1ccc(F)cc1NC(=O)c1ccc(NC(=O)OC(C)(C)C)cc1. The number of carbonyl (C=O) groups excluding carboxylic acids is 2. The Morgan fingerprint density at radius 3 is 2.24 bits per heavy atom. The van der Waals surface area contributed by atoms with Crippen LogP contribution in [0.5, 0.6) is 0 Å². The first kappa shape index (κ1) is 18.4. The Balaban J connectivity index is 2.03. The van der Waals surface area contributed by atoms with Crippen LogP contribution in [0.4, 0.5) is 20.6 Å². The van der Waals surface area contributed by atoms with Crippen LogP contribution in [0.3, 0.4) is 0 Å². The number of anilines is 2. The van der Waals surface area contributed by atoms with Gasteiger partial charge in [0, 0.05) is 16.9 Å². The zero-order valence-electron chi connectivity index (χ0n) is 14.6. The summed E-state index contributed by atoms with van der Waals surface area (Å²) >= 11 is 0. The molecular formula is C19H21FN2O3. The fraction of sp³-hybridized carbons (Fsp3) is 0.263. The lowest BCUT2D eigenvalue weighted by molar-refractivity contribution is 0.0636. The van der Waals surface area contributed by atoms with Gasteiger partial charge in [-0.3, -0.25) is 10.1 Å². The second-order valence-electron chi connectivity index (χ2n) is 6.62. The van der Waals surface area contributed by atoms with Gasteiger partial charge < -0.3 is 10.1 Å². The van der Waals surface area contributed by atoms with Crippen LogP contribution < -0.4 is 10.6 Å². The molecule has 2 N–H and O–H groups in total. The third kappa shape index (κ3) is 5.60. The molecule has 0 radical (unpaired) electrons. The van der Waals surface area contributed by atoms with Crippen molar-refractivity contribution in [2.75, 3.05) is 10.6 Å². The van der Waals surface area contributed by atoms with E-state index in [-0.39, 0.29) is 5.91 Å². The smallest absolute Gasteiger partial charge is 0.412 e. The molecule has 0 spiro atoms. The Bertz CT molecular complexity index is 780. The van der Waals surface area contributed by atoms with Crippen molar-refractivity contribution in [1.29, 1.82) is 0 Å². The molecule has 2 amide bonds. The second kappa shape index (κ2) is 7.34. The Morgan fingerprint density at radius 1 is 1.00 bits per heavy atom. The number of amides is 2. The molecule has 5 nitrogen and oxygen atoms in total. The number of benzene rings is 2. The molecule has 0 heterocycles. The summed E-state index contributed by atoms with van der Waals surface area (Å²) in [5, 5.41) is 5.26. The topological polar surface area (TPSA) is 67.4 Å². The molecule has 0 saturated heterocycles. The van der Waals surface area contributed by atoms with Gasteiger partial charge in [-0.15, -0.1) is 0 Å². The summed E-state index contributed by atoms with van der Waals surface area (Å²) in [5.41, 5.74) is 1.48. The maximum absolute atomic E-state index is 13.3. The monoisotopic (exact) mass is 344 g/mol. The van der Waals surface area contributed by atoms with E-state index in [1.807, 2.05) is 0 Å². The standard InChI is InChI=1S/C19H21FN2O3/c1-12-5-8-14(20)11-16(12)22-17(23)13-6-9-15(10-7-13)21-18(24)25-19(2,3)4/h5-11H,1-4H3,(H,21,24)(H,22,23). The predicted molar refractivity (Wildman–Crippen MR) is 95.4 cm³/mol. The number of aryl methyl sites for hydroxylation is 1. The number of ether oxygens (including phenoxy) is 1. The minimum Gasteiger partial charge on any atom is -0.444 e. The van der Waals surface area contributed by atoms with Crippen molar-refractivity contribution < 1.29 is 18.7 Å². The van der Waals surface area contributed by atoms with Crippen LogP contribution in [0.1, 0.15) is 36.7 Å². The minimum absolute atomic E-state index is 0.363. The molecule has 6 heteroatoms. The van der Waals surface area contributed by atoms with Crippen LogP contribution in [0.25, 0.3) is 0 Å². The quantitative estimate of drug-likeness (QED) is 0.845. The van der Waals surface area contributed by atoms with E-state index in [9.17, 15) is 14.0 Å². The fourth-order valence-electron chi connectivity index (χ4n) is 2.05. The zero-order valence-corrected chi connectivity index (χ0v) is 14.6.